The molecule has 5 heteroatoms. The van der Waals surface area contributed by atoms with Gasteiger partial charge in [0.05, 0.1) is 0 Å². The average Bonchev–Trinajstić information content (AvgIpc) is 2.88. The molecule has 35 heavy (non-hydrogen) atoms. The zero-order chi connectivity index (χ0) is 24.6. The number of hydrogen-bond donors (Lipinski definition) is 1. The minimum atomic E-state index is -0.0329. The van der Waals surface area contributed by atoms with Crippen molar-refractivity contribution in [2.24, 2.45) is 0 Å². The van der Waals surface area contributed by atoms with Crippen molar-refractivity contribution in [3.8, 4) is 0 Å². The number of aryl methyl sites for hydroxylation is 1. The largest absolute Gasteiger partial charge is 0.378 e. The Balaban J connectivity index is 1.24. The molecule has 0 atom stereocenters. The number of hydrogen-bond acceptors (Lipinski definition) is 4. The highest BCUT2D eigenvalue weighted by atomic mass is 16.1. The lowest BCUT2D eigenvalue weighted by Gasteiger charge is -2.35. The summed E-state index contributed by atoms with van der Waals surface area (Å²) in [4.78, 5) is 19.5. The first kappa shape index (κ1) is 24.6. The van der Waals surface area contributed by atoms with E-state index in [9.17, 15) is 4.79 Å². The molecule has 1 aliphatic heterocycles. The maximum Gasteiger partial charge on any atom is 0.251 e. The normalized spacial score (nSPS) is 14.3. The molecule has 5 nitrogen and oxygen atoms in total. The van der Waals surface area contributed by atoms with Crippen LogP contribution in [0.5, 0.6) is 0 Å². The molecule has 4 rings (SSSR count). The molecular weight excluding hydrogens is 432 g/mol. The van der Waals surface area contributed by atoms with Gasteiger partial charge in [0.15, 0.2) is 0 Å². The van der Waals surface area contributed by atoms with Gasteiger partial charge in [0, 0.05) is 70.3 Å². The summed E-state index contributed by atoms with van der Waals surface area (Å²) in [5, 5.41) is 3.05. The Hall–Kier alpha value is -3.57. The Kier molecular flexibility index (Phi) is 8.22. The Morgan fingerprint density at radius 1 is 0.943 bits per heavy atom. The van der Waals surface area contributed by atoms with Crippen molar-refractivity contribution in [2.75, 3.05) is 56.6 Å². The quantitative estimate of drug-likeness (QED) is 0.514. The first-order valence-electron chi connectivity index (χ1n) is 12.3. The van der Waals surface area contributed by atoms with Crippen molar-refractivity contribution in [3.63, 3.8) is 0 Å². The van der Waals surface area contributed by atoms with E-state index >= 15 is 0 Å². The van der Waals surface area contributed by atoms with Crippen LogP contribution in [0.25, 0.3) is 6.08 Å². The van der Waals surface area contributed by atoms with E-state index in [1.54, 1.807) is 0 Å². The van der Waals surface area contributed by atoms with Crippen LogP contribution in [-0.2, 0) is 6.54 Å². The summed E-state index contributed by atoms with van der Waals surface area (Å²) < 4.78 is 0. The first-order valence-corrected chi connectivity index (χ1v) is 12.3. The lowest BCUT2D eigenvalue weighted by atomic mass is 10.1. The maximum atomic E-state index is 12.5. The van der Waals surface area contributed by atoms with E-state index in [1.807, 2.05) is 31.2 Å². The highest BCUT2D eigenvalue weighted by molar-refractivity contribution is 5.94. The second kappa shape index (κ2) is 11.7. The number of benzene rings is 3. The van der Waals surface area contributed by atoms with Crippen LogP contribution < -0.4 is 15.1 Å². The lowest BCUT2D eigenvalue weighted by molar-refractivity contribution is 0.0951. The van der Waals surface area contributed by atoms with E-state index in [0.29, 0.717) is 12.1 Å². The van der Waals surface area contributed by atoms with Crippen LogP contribution in [-0.4, -0.2) is 57.6 Å². The van der Waals surface area contributed by atoms with Gasteiger partial charge in [-0.1, -0.05) is 54.1 Å². The number of anilines is 2. The second-order valence-corrected chi connectivity index (χ2v) is 9.40. The first-order chi connectivity index (χ1) is 17.0. The van der Waals surface area contributed by atoms with Gasteiger partial charge in [-0.15, -0.1) is 0 Å². The van der Waals surface area contributed by atoms with Crippen molar-refractivity contribution in [1.82, 2.24) is 10.2 Å². The predicted molar refractivity (Wildman–Crippen MR) is 147 cm³/mol. The zero-order valence-electron chi connectivity index (χ0n) is 21.1. The minimum Gasteiger partial charge on any atom is -0.378 e. The van der Waals surface area contributed by atoms with Crippen LogP contribution in [0.2, 0.25) is 0 Å². The van der Waals surface area contributed by atoms with E-state index < -0.39 is 0 Å². The number of carbonyl (C=O) groups excluding carboxylic acids is 1. The van der Waals surface area contributed by atoms with Crippen LogP contribution in [0.15, 0.2) is 78.9 Å². The van der Waals surface area contributed by atoms with Crippen LogP contribution in [0.4, 0.5) is 11.4 Å². The molecule has 0 bridgehead atoms. The third-order valence-corrected chi connectivity index (χ3v) is 6.46. The van der Waals surface area contributed by atoms with Gasteiger partial charge in [0.1, 0.15) is 0 Å². The molecule has 1 aliphatic rings. The molecule has 0 spiro atoms. The second-order valence-electron chi connectivity index (χ2n) is 9.40. The molecule has 182 valence electrons. The topological polar surface area (TPSA) is 38.8 Å². The monoisotopic (exact) mass is 468 g/mol. The van der Waals surface area contributed by atoms with Crippen LogP contribution in [0, 0.1) is 6.92 Å². The van der Waals surface area contributed by atoms with Gasteiger partial charge in [-0.2, -0.15) is 0 Å². The highest BCUT2D eigenvalue weighted by Crippen LogP contribution is 2.19. The molecule has 3 aromatic rings. The van der Waals surface area contributed by atoms with Crippen LogP contribution >= 0.6 is 0 Å². The summed E-state index contributed by atoms with van der Waals surface area (Å²) in [5.74, 6) is -0.0329. The molecule has 0 radical (unpaired) electrons. The van der Waals surface area contributed by atoms with E-state index in [2.05, 4.69) is 94.8 Å². The molecule has 0 aromatic heterocycles. The van der Waals surface area contributed by atoms with Crippen molar-refractivity contribution < 1.29 is 4.79 Å². The van der Waals surface area contributed by atoms with Gasteiger partial charge in [-0.25, -0.2) is 0 Å². The molecule has 1 heterocycles. The maximum absolute atomic E-state index is 12.5. The molecule has 1 saturated heterocycles. The van der Waals surface area contributed by atoms with Crippen molar-refractivity contribution in [1.29, 1.82) is 0 Å². The molecule has 1 N–H and O–H groups in total. The summed E-state index contributed by atoms with van der Waals surface area (Å²) in [6.07, 6.45) is 4.47. The number of rotatable bonds is 8. The van der Waals surface area contributed by atoms with E-state index in [1.165, 1.54) is 16.9 Å². The lowest BCUT2D eigenvalue weighted by Crippen LogP contribution is -2.46. The van der Waals surface area contributed by atoms with Gasteiger partial charge in [-0.05, 0) is 54.4 Å². The van der Waals surface area contributed by atoms with Gasteiger partial charge < -0.3 is 15.1 Å². The molecule has 3 aromatic carbocycles. The third kappa shape index (κ3) is 6.96. The highest BCUT2D eigenvalue weighted by Gasteiger charge is 2.16. The van der Waals surface area contributed by atoms with E-state index in [4.69, 9.17) is 0 Å². The third-order valence-electron chi connectivity index (χ3n) is 6.46. The van der Waals surface area contributed by atoms with Crippen LogP contribution in [0.3, 0.4) is 0 Å². The number of amides is 1. The smallest absolute Gasteiger partial charge is 0.251 e. The van der Waals surface area contributed by atoms with Crippen LogP contribution in [0.1, 0.15) is 27.0 Å². The van der Waals surface area contributed by atoms with Gasteiger partial charge in [0.25, 0.3) is 5.91 Å². The number of nitrogens with one attached hydrogen (secondary N) is 1. The van der Waals surface area contributed by atoms with Crippen molar-refractivity contribution in [3.05, 3.63) is 101 Å². The number of piperazine rings is 1. The minimum absolute atomic E-state index is 0.0329. The van der Waals surface area contributed by atoms with Crippen molar-refractivity contribution >= 4 is 23.4 Å². The van der Waals surface area contributed by atoms with Crippen molar-refractivity contribution in [2.45, 2.75) is 13.5 Å². The fourth-order valence-electron chi connectivity index (χ4n) is 4.34. The van der Waals surface area contributed by atoms with Gasteiger partial charge in [-0.3, -0.25) is 9.69 Å². The average molecular weight is 469 g/mol. The Labute approximate surface area is 209 Å². The summed E-state index contributed by atoms with van der Waals surface area (Å²) in [6.45, 7) is 7.58. The standard InChI is InChI=1S/C30H36N4O/c1-24-7-4-10-27(21-24)30(35)31-23-26-8-5-11-29(22-26)34-19-17-33(18-20-34)16-6-9-25-12-14-28(15-13-25)32(2)3/h4-15,21-22H,16-20,23H2,1-3H3,(H,31,35)/b9-6+. The molecule has 1 amide bonds. The Bertz CT molecular complexity index is 1150. The SMILES string of the molecule is Cc1cccc(C(=O)NCc2cccc(N3CCN(C/C=C/c4ccc(N(C)C)cc4)CC3)c2)c1. The fourth-order valence-corrected chi connectivity index (χ4v) is 4.34. The molecule has 1 fully saturated rings. The molecule has 0 unspecified atom stereocenters. The molecule has 0 aliphatic carbocycles. The fraction of sp³-hybridized carbons (Fsp3) is 0.300. The molecule has 0 saturated carbocycles. The molecular formula is C30H36N4O. The van der Waals surface area contributed by atoms with Gasteiger partial charge in [0.2, 0.25) is 0 Å². The number of carbonyl (C=O) groups is 1. The predicted octanol–water partition coefficient (Wildman–Crippen LogP) is 4.83. The Morgan fingerprint density at radius 3 is 2.40 bits per heavy atom. The summed E-state index contributed by atoms with van der Waals surface area (Å²) in [5.41, 5.74) is 6.60. The van der Waals surface area contributed by atoms with Gasteiger partial charge >= 0.3 is 0 Å². The summed E-state index contributed by atoms with van der Waals surface area (Å²) in [6, 6.07) is 24.9. The van der Waals surface area contributed by atoms with E-state index in [-0.39, 0.29) is 5.91 Å². The number of nitrogens with zero attached hydrogens (tertiary/aromatic N) is 3. The Morgan fingerprint density at radius 2 is 1.69 bits per heavy atom. The summed E-state index contributed by atoms with van der Waals surface area (Å²) in [7, 11) is 4.12. The zero-order valence-corrected chi connectivity index (χ0v) is 21.1. The summed E-state index contributed by atoms with van der Waals surface area (Å²) >= 11 is 0. The van der Waals surface area contributed by atoms with E-state index in [0.717, 1.165) is 43.9 Å².